The van der Waals surface area contributed by atoms with Crippen molar-refractivity contribution >= 4 is 44.0 Å². The van der Waals surface area contributed by atoms with Crippen molar-refractivity contribution in [3.05, 3.63) is 38.0 Å². The predicted octanol–water partition coefficient (Wildman–Crippen LogP) is 3.11. The Labute approximate surface area is 149 Å². The summed E-state index contributed by atoms with van der Waals surface area (Å²) in [4.78, 5) is 11.8. The molecule has 2 aromatic rings. The van der Waals surface area contributed by atoms with Gasteiger partial charge in [0.2, 0.25) is 0 Å². The summed E-state index contributed by atoms with van der Waals surface area (Å²) in [5.41, 5.74) is 4.04. The smallest absolute Gasteiger partial charge is 0.291 e. The molecule has 1 aromatic carbocycles. The third-order valence-electron chi connectivity index (χ3n) is 2.78. The molecular weight excluding hydrogens is 432 g/mol. The number of halogens is 2. The van der Waals surface area contributed by atoms with Crippen LogP contribution < -0.4 is 10.2 Å². The van der Waals surface area contributed by atoms with Gasteiger partial charge in [0.15, 0.2) is 17.2 Å². The van der Waals surface area contributed by atoms with Gasteiger partial charge in [-0.25, -0.2) is 5.43 Å². The van der Waals surface area contributed by atoms with Crippen molar-refractivity contribution in [3.8, 4) is 11.5 Å². The molecule has 1 heterocycles. The molecular formula is C14H14Br2N4O3. The van der Waals surface area contributed by atoms with Crippen LogP contribution in [0.2, 0.25) is 0 Å². The highest BCUT2D eigenvalue weighted by Crippen LogP contribution is 2.41. The number of benzene rings is 1. The first kappa shape index (κ1) is 17.5. The fourth-order valence-corrected chi connectivity index (χ4v) is 2.55. The number of hydrogen-bond acceptors (Lipinski definition) is 5. The zero-order valence-corrected chi connectivity index (χ0v) is 15.5. The normalized spacial score (nSPS) is 11.0. The predicted molar refractivity (Wildman–Crippen MR) is 93.1 cm³/mol. The summed E-state index contributed by atoms with van der Waals surface area (Å²) in [6.45, 7) is 4.02. The lowest BCUT2D eigenvalue weighted by Crippen LogP contribution is -2.18. The minimum absolute atomic E-state index is 0.00749. The highest BCUT2D eigenvalue weighted by atomic mass is 79.9. The van der Waals surface area contributed by atoms with E-state index < -0.39 is 5.91 Å². The third kappa shape index (κ3) is 4.11. The van der Waals surface area contributed by atoms with Crippen LogP contribution in [0.5, 0.6) is 11.5 Å². The molecule has 0 bridgehead atoms. The second kappa shape index (κ2) is 7.60. The van der Waals surface area contributed by atoms with E-state index in [1.54, 1.807) is 19.1 Å². The fraction of sp³-hybridized carbons (Fsp3) is 0.214. The van der Waals surface area contributed by atoms with Gasteiger partial charge in [0, 0.05) is 15.7 Å². The van der Waals surface area contributed by atoms with Crippen LogP contribution in [0.3, 0.4) is 0 Å². The summed E-state index contributed by atoms with van der Waals surface area (Å²) in [5, 5.41) is 20.4. The number of H-pyrrole nitrogens is 1. The van der Waals surface area contributed by atoms with Crippen LogP contribution in [-0.2, 0) is 0 Å². The molecule has 9 heteroatoms. The molecule has 0 saturated heterocycles. The van der Waals surface area contributed by atoms with Crippen molar-refractivity contribution in [1.29, 1.82) is 0 Å². The second-order valence-corrected chi connectivity index (χ2v) is 6.09. The lowest BCUT2D eigenvalue weighted by Gasteiger charge is -2.10. The molecule has 3 N–H and O–H groups in total. The van der Waals surface area contributed by atoms with Crippen molar-refractivity contribution in [2.45, 2.75) is 13.8 Å². The molecule has 0 saturated carbocycles. The quantitative estimate of drug-likeness (QED) is 0.486. The number of aromatic amines is 1. The van der Waals surface area contributed by atoms with E-state index in [4.69, 9.17) is 4.74 Å². The van der Waals surface area contributed by atoms with Crippen LogP contribution in [0.25, 0.3) is 0 Å². The van der Waals surface area contributed by atoms with Gasteiger partial charge >= 0.3 is 0 Å². The number of aryl methyl sites for hydroxylation is 1. The van der Waals surface area contributed by atoms with Gasteiger partial charge in [0.25, 0.3) is 5.91 Å². The number of rotatable bonds is 5. The number of aromatic hydroxyl groups is 1. The van der Waals surface area contributed by atoms with Gasteiger partial charge in [-0.3, -0.25) is 9.89 Å². The zero-order chi connectivity index (χ0) is 17.0. The Morgan fingerprint density at radius 3 is 2.83 bits per heavy atom. The third-order valence-corrected chi connectivity index (χ3v) is 4.94. The number of nitrogens with zero attached hydrogens (tertiary/aromatic N) is 2. The van der Waals surface area contributed by atoms with Crippen LogP contribution in [0, 0.1) is 6.92 Å². The number of hydrogen-bond donors (Lipinski definition) is 3. The number of amides is 1. The lowest BCUT2D eigenvalue weighted by molar-refractivity contribution is 0.0950. The van der Waals surface area contributed by atoms with E-state index >= 15 is 0 Å². The SMILES string of the molecule is CCOc1cc(/C=N/NC(=O)c2cc(C)[nH]n2)c(Br)c(Br)c1O. The van der Waals surface area contributed by atoms with E-state index in [1.807, 2.05) is 6.92 Å². The average molecular weight is 446 g/mol. The minimum Gasteiger partial charge on any atom is -0.503 e. The standard InChI is InChI=1S/C14H14Br2N4O3/c1-3-23-10-5-8(11(15)12(16)13(10)21)6-17-20-14(22)9-4-7(2)18-19-9/h4-6,21H,3H2,1-2H3,(H,18,19)(H,20,22)/b17-6+. The molecule has 1 aromatic heterocycles. The first-order valence-electron chi connectivity index (χ1n) is 6.63. The molecule has 0 unspecified atom stereocenters. The van der Waals surface area contributed by atoms with Gasteiger partial charge in [0.05, 0.1) is 17.3 Å². The summed E-state index contributed by atoms with van der Waals surface area (Å²) in [6.07, 6.45) is 1.44. The summed E-state index contributed by atoms with van der Waals surface area (Å²) in [5.74, 6) is -0.116. The van der Waals surface area contributed by atoms with Crippen LogP contribution in [0.1, 0.15) is 28.7 Å². The fourth-order valence-electron chi connectivity index (χ4n) is 1.72. The van der Waals surface area contributed by atoms with E-state index in [0.29, 0.717) is 26.9 Å². The molecule has 0 atom stereocenters. The molecule has 0 fully saturated rings. The topological polar surface area (TPSA) is 99.6 Å². The maximum absolute atomic E-state index is 11.8. The Morgan fingerprint density at radius 2 is 2.22 bits per heavy atom. The van der Waals surface area contributed by atoms with Gasteiger partial charge in [-0.15, -0.1) is 0 Å². The van der Waals surface area contributed by atoms with Gasteiger partial charge in [-0.2, -0.15) is 10.2 Å². The Balaban J connectivity index is 2.17. The largest absolute Gasteiger partial charge is 0.503 e. The van der Waals surface area contributed by atoms with E-state index in [0.717, 1.165) is 5.69 Å². The number of nitrogens with one attached hydrogen (secondary N) is 2. The summed E-state index contributed by atoms with van der Waals surface area (Å²) < 4.78 is 6.38. The molecule has 0 spiro atoms. The van der Waals surface area contributed by atoms with E-state index in [1.165, 1.54) is 6.21 Å². The summed E-state index contributed by atoms with van der Waals surface area (Å²) >= 11 is 6.62. The number of phenolic OH excluding ortho intramolecular Hbond substituents is 1. The number of hydrazone groups is 1. The number of phenols is 1. The lowest BCUT2D eigenvalue weighted by atomic mass is 10.2. The summed E-state index contributed by atoms with van der Waals surface area (Å²) in [7, 11) is 0. The maximum Gasteiger partial charge on any atom is 0.291 e. The number of ether oxygens (including phenoxy) is 1. The Bertz CT molecular complexity index is 759. The van der Waals surface area contributed by atoms with E-state index in [9.17, 15) is 9.90 Å². The molecule has 0 aliphatic rings. The number of carbonyl (C=O) groups is 1. The van der Waals surface area contributed by atoms with E-state index in [-0.39, 0.29) is 11.4 Å². The van der Waals surface area contributed by atoms with Crippen LogP contribution >= 0.6 is 31.9 Å². The highest BCUT2D eigenvalue weighted by molar-refractivity contribution is 9.13. The Hall–Kier alpha value is -1.87. The van der Waals surface area contributed by atoms with Crippen LogP contribution in [0.15, 0.2) is 26.2 Å². The van der Waals surface area contributed by atoms with Gasteiger partial charge in [-0.05, 0) is 57.8 Å². The molecule has 0 aliphatic heterocycles. The maximum atomic E-state index is 11.8. The van der Waals surface area contributed by atoms with Crippen molar-refractivity contribution in [2.75, 3.05) is 6.61 Å². The van der Waals surface area contributed by atoms with E-state index in [2.05, 4.69) is 52.6 Å². The highest BCUT2D eigenvalue weighted by Gasteiger charge is 2.14. The molecule has 1 amide bonds. The van der Waals surface area contributed by atoms with Crippen molar-refractivity contribution in [3.63, 3.8) is 0 Å². The molecule has 23 heavy (non-hydrogen) atoms. The van der Waals surface area contributed by atoms with Gasteiger partial charge in [-0.1, -0.05) is 0 Å². The molecule has 0 aliphatic carbocycles. The van der Waals surface area contributed by atoms with Crippen molar-refractivity contribution in [1.82, 2.24) is 15.6 Å². The summed E-state index contributed by atoms with van der Waals surface area (Å²) in [6, 6.07) is 3.23. The van der Waals surface area contributed by atoms with Crippen LogP contribution in [-0.4, -0.2) is 34.0 Å². The number of carbonyl (C=O) groups excluding carboxylic acids is 1. The molecule has 2 rings (SSSR count). The van der Waals surface area contributed by atoms with Gasteiger partial charge < -0.3 is 9.84 Å². The molecule has 122 valence electrons. The minimum atomic E-state index is -0.426. The first-order valence-corrected chi connectivity index (χ1v) is 8.21. The van der Waals surface area contributed by atoms with Crippen molar-refractivity contribution < 1.29 is 14.6 Å². The number of aromatic nitrogens is 2. The monoisotopic (exact) mass is 444 g/mol. The molecule has 0 radical (unpaired) electrons. The van der Waals surface area contributed by atoms with Crippen LogP contribution in [0.4, 0.5) is 0 Å². The Kier molecular flexibility index (Phi) is 5.78. The first-order chi connectivity index (χ1) is 10.9. The molecule has 7 nitrogen and oxygen atoms in total. The zero-order valence-electron chi connectivity index (χ0n) is 12.4. The average Bonchev–Trinajstić information content (AvgIpc) is 2.96. The van der Waals surface area contributed by atoms with Gasteiger partial charge in [0.1, 0.15) is 0 Å². The Morgan fingerprint density at radius 1 is 1.48 bits per heavy atom. The van der Waals surface area contributed by atoms with Crippen molar-refractivity contribution in [2.24, 2.45) is 5.10 Å². The second-order valence-electron chi connectivity index (χ2n) is 4.51.